The van der Waals surface area contributed by atoms with Gasteiger partial charge in [0.15, 0.2) is 0 Å². The number of nitrogens with one attached hydrogen (secondary N) is 2. The predicted molar refractivity (Wildman–Crippen MR) is 252 cm³/mol. The van der Waals surface area contributed by atoms with Gasteiger partial charge in [-0.05, 0) is 77.9 Å². The van der Waals surface area contributed by atoms with Crippen LogP contribution in [0.3, 0.4) is 0 Å². The summed E-state index contributed by atoms with van der Waals surface area (Å²) in [4.78, 5) is 77.0. The van der Waals surface area contributed by atoms with Crippen LogP contribution in [0.2, 0.25) is 0 Å². The van der Waals surface area contributed by atoms with E-state index in [1.54, 1.807) is 44.5 Å². The smallest absolute Gasteiger partial charge is 0.407 e. The fourth-order valence-electron chi connectivity index (χ4n) is 8.09. The second-order valence-electron chi connectivity index (χ2n) is 16.5. The first-order valence-electron chi connectivity index (χ1n) is 21.9. The molecule has 1 aliphatic rings. The Morgan fingerprint density at radius 1 is 0.750 bits per heavy atom. The number of hydrogen-bond acceptors (Lipinski definition) is 12. The Morgan fingerprint density at radius 3 is 1.66 bits per heavy atom. The number of fused-ring (bicyclic) bond motifs is 2. The molecule has 2 aromatic carbocycles. The molecule has 0 bridgehead atoms. The van der Waals surface area contributed by atoms with Crippen molar-refractivity contribution in [2.75, 3.05) is 50.5 Å². The number of imidazole rings is 2. The fourth-order valence-corrected chi connectivity index (χ4v) is 8.09. The van der Waals surface area contributed by atoms with Gasteiger partial charge in [0.2, 0.25) is 23.7 Å². The molecule has 7 N–H and O–H groups in total. The van der Waals surface area contributed by atoms with E-state index in [4.69, 9.17) is 30.9 Å². The Labute approximate surface area is 390 Å². The van der Waals surface area contributed by atoms with E-state index in [2.05, 4.69) is 37.6 Å². The first-order chi connectivity index (χ1) is 32.4. The van der Waals surface area contributed by atoms with Gasteiger partial charge in [-0.15, -0.1) is 0 Å². The van der Waals surface area contributed by atoms with Crippen LogP contribution in [0.25, 0.3) is 22.1 Å². The summed E-state index contributed by atoms with van der Waals surface area (Å²) in [5, 5.41) is 24.1. The highest BCUT2D eigenvalue weighted by Crippen LogP contribution is 2.33. The zero-order valence-corrected chi connectivity index (χ0v) is 38.9. The number of piperazine rings is 1. The molecule has 1 saturated heterocycles. The van der Waals surface area contributed by atoms with Crippen molar-refractivity contribution in [3.05, 3.63) is 82.5 Å². The van der Waals surface area contributed by atoms with Gasteiger partial charge >= 0.3 is 6.09 Å². The summed E-state index contributed by atoms with van der Waals surface area (Å²) in [7, 11) is 1.45. The summed E-state index contributed by atoms with van der Waals surface area (Å²) >= 11 is 0. The van der Waals surface area contributed by atoms with Gasteiger partial charge in [0.25, 0.3) is 11.8 Å². The van der Waals surface area contributed by atoms with E-state index in [1.165, 1.54) is 36.3 Å². The molecular formula is C46H54N14O8. The topological polar surface area (TPSA) is 278 Å². The minimum Gasteiger partial charge on any atom is -0.494 e. The van der Waals surface area contributed by atoms with Crippen molar-refractivity contribution in [2.24, 2.45) is 11.5 Å². The molecule has 22 heteroatoms. The van der Waals surface area contributed by atoms with Crippen LogP contribution >= 0.6 is 0 Å². The summed E-state index contributed by atoms with van der Waals surface area (Å²) in [6, 6.07) is 9.37. The van der Waals surface area contributed by atoms with Crippen LogP contribution in [0, 0.1) is 25.7 Å². The van der Waals surface area contributed by atoms with E-state index in [-0.39, 0.29) is 48.5 Å². The van der Waals surface area contributed by atoms with Crippen LogP contribution in [0.1, 0.15) is 80.8 Å². The van der Waals surface area contributed by atoms with Crippen molar-refractivity contribution >= 4 is 63.7 Å². The van der Waals surface area contributed by atoms with Crippen LogP contribution in [0.4, 0.5) is 16.7 Å². The maximum atomic E-state index is 13.9. The van der Waals surface area contributed by atoms with E-state index in [0.717, 1.165) is 0 Å². The fraction of sp³-hybridized carbons (Fsp3) is 0.370. The van der Waals surface area contributed by atoms with E-state index in [9.17, 15) is 29.1 Å². The SMILES string of the molecule is CCn1nc(C)cc1C(=O)Nc1nc2cc(C(N)=O)cc(OC)c2n1CC=CCn1c(NC(=O)c2cc(C)nn2CC)nc2cc(C(N)=O)cc(OCC#CC(C)(C)N3CCN(C(=O)O)CC3)c21. The highest BCUT2D eigenvalue weighted by molar-refractivity contribution is 6.05. The molecule has 0 spiro atoms. The Morgan fingerprint density at radius 2 is 1.22 bits per heavy atom. The molecule has 68 heavy (non-hydrogen) atoms. The quantitative estimate of drug-likeness (QED) is 0.0682. The van der Waals surface area contributed by atoms with Gasteiger partial charge in [-0.2, -0.15) is 10.2 Å². The van der Waals surface area contributed by atoms with Gasteiger partial charge in [-0.25, -0.2) is 14.8 Å². The average molecular weight is 931 g/mol. The van der Waals surface area contributed by atoms with E-state index in [1.807, 2.05) is 39.8 Å². The molecule has 6 aromatic rings. The number of primary amides is 2. The maximum Gasteiger partial charge on any atom is 0.407 e. The molecule has 22 nitrogen and oxygen atoms in total. The van der Waals surface area contributed by atoms with Crippen molar-refractivity contribution < 1.29 is 38.6 Å². The highest BCUT2D eigenvalue weighted by atomic mass is 16.5. The number of carboxylic acid groups (broad SMARTS) is 1. The molecule has 5 heterocycles. The first kappa shape index (κ1) is 47.8. The molecule has 0 radical (unpaired) electrons. The predicted octanol–water partition coefficient (Wildman–Crippen LogP) is 3.86. The summed E-state index contributed by atoms with van der Waals surface area (Å²) in [5.74, 6) is 4.78. The molecule has 0 aliphatic carbocycles. The van der Waals surface area contributed by atoms with E-state index < -0.39 is 35.3 Å². The lowest BCUT2D eigenvalue weighted by Gasteiger charge is -2.40. The van der Waals surface area contributed by atoms with Gasteiger partial charge in [0, 0.05) is 63.5 Å². The number of aryl methyl sites for hydroxylation is 4. The first-order valence-corrected chi connectivity index (χ1v) is 21.9. The summed E-state index contributed by atoms with van der Waals surface area (Å²) in [6.45, 7) is 14.0. The lowest BCUT2D eigenvalue weighted by atomic mass is 10.0. The number of nitrogens with zero attached hydrogens (tertiary/aromatic N) is 10. The number of carbonyl (C=O) groups excluding carboxylic acids is 4. The molecule has 0 unspecified atom stereocenters. The summed E-state index contributed by atoms with van der Waals surface area (Å²) in [5.41, 5.74) is 14.6. The number of aromatic nitrogens is 8. The molecule has 1 fully saturated rings. The molecule has 4 aromatic heterocycles. The number of nitrogens with two attached hydrogens (primary N) is 2. The number of rotatable bonds is 16. The molecule has 1 aliphatic heterocycles. The number of allylic oxidation sites excluding steroid dienone is 2. The van der Waals surface area contributed by atoms with Crippen LogP contribution in [-0.2, 0) is 26.2 Å². The third kappa shape index (κ3) is 9.97. The summed E-state index contributed by atoms with van der Waals surface area (Å²) < 4.78 is 18.6. The zero-order chi connectivity index (χ0) is 49.0. The Bertz CT molecular complexity index is 3050. The van der Waals surface area contributed by atoms with Crippen molar-refractivity contribution in [1.29, 1.82) is 0 Å². The van der Waals surface area contributed by atoms with E-state index >= 15 is 0 Å². The second-order valence-corrected chi connectivity index (χ2v) is 16.5. The molecule has 7 rings (SSSR count). The Hall–Kier alpha value is -8.19. The number of anilines is 2. The summed E-state index contributed by atoms with van der Waals surface area (Å²) in [6.07, 6.45) is 2.67. The van der Waals surface area contributed by atoms with Gasteiger partial charge in [-0.1, -0.05) is 24.0 Å². The van der Waals surface area contributed by atoms with Gasteiger partial charge in [0.05, 0.1) is 35.1 Å². The van der Waals surface area contributed by atoms with Crippen LogP contribution in [0.15, 0.2) is 48.6 Å². The molecule has 5 amide bonds. The third-order valence-corrected chi connectivity index (χ3v) is 11.5. The number of ether oxygens (including phenoxy) is 2. The molecule has 0 saturated carbocycles. The van der Waals surface area contributed by atoms with Crippen molar-refractivity contribution in [1.82, 2.24) is 48.5 Å². The lowest BCUT2D eigenvalue weighted by Crippen LogP contribution is -2.55. The minimum atomic E-state index is -0.956. The number of amides is 5. The molecule has 356 valence electrons. The van der Waals surface area contributed by atoms with Gasteiger partial charge in [-0.3, -0.25) is 44.1 Å². The van der Waals surface area contributed by atoms with E-state index in [0.29, 0.717) is 89.9 Å². The van der Waals surface area contributed by atoms with Crippen LogP contribution in [0.5, 0.6) is 11.5 Å². The van der Waals surface area contributed by atoms with Crippen molar-refractivity contribution in [3.63, 3.8) is 0 Å². The number of benzene rings is 2. The monoisotopic (exact) mass is 930 g/mol. The Kier molecular flexibility index (Phi) is 13.9. The number of carbonyl (C=O) groups is 5. The third-order valence-electron chi connectivity index (χ3n) is 11.5. The zero-order valence-electron chi connectivity index (χ0n) is 38.9. The maximum absolute atomic E-state index is 13.9. The lowest BCUT2D eigenvalue weighted by molar-refractivity contribution is 0.0743. The van der Waals surface area contributed by atoms with Crippen molar-refractivity contribution in [3.8, 4) is 23.3 Å². The number of hydrogen-bond donors (Lipinski definition) is 5. The molecule has 0 atom stereocenters. The largest absolute Gasteiger partial charge is 0.494 e. The average Bonchev–Trinajstić information content (AvgIpc) is 4.08. The standard InChI is InChI=1S/C46H54N14O8/c1-8-59-33(21-27(3)53-59)41(63)51-43-49-31-23-29(39(47)61)25-35(67-7)37(31)57(43)14-10-11-15-58-38-32(50-44(58)52-42(64)34-22-28(4)54-60(34)9-2)24-30(40(48)62)26-36(38)68-20-12-13-46(5,6)56-18-16-55(17-19-56)45(65)66/h10-11,21-26H,8-9,14-20H2,1-7H3,(H2,47,61)(H2,48,62)(H,65,66)(H,49,51,63)(H,50,52,64). The minimum absolute atomic E-state index is 0.0950. The van der Waals surface area contributed by atoms with Gasteiger partial charge in [0.1, 0.15) is 40.5 Å². The van der Waals surface area contributed by atoms with Crippen LogP contribution in [-0.4, -0.2) is 129 Å². The van der Waals surface area contributed by atoms with Crippen molar-refractivity contribution in [2.45, 2.75) is 73.3 Å². The number of methoxy groups -OCH3 is 1. The highest BCUT2D eigenvalue weighted by Gasteiger charge is 2.30. The molecular weight excluding hydrogens is 877 g/mol. The Balaban J connectivity index is 1.25. The second kappa shape index (κ2) is 19.7. The van der Waals surface area contributed by atoms with Crippen LogP contribution < -0.4 is 31.6 Å². The van der Waals surface area contributed by atoms with Gasteiger partial charge < -0.3 is 40.1 Å². The normalized spacial score (nSPS) is 13.2.